The summed E-state index contributed by atoms with van der Waals surface area (Å²) in [6.45, 7) is 8.68. The van der Waals surface area contributed by atoms with Gasteiger partial charge in [-0.05, 0) is 26.7 Å². The molecule has 90 valence electrons. The highest BCUT2D eigenvalue weighted by Crippen LogP contribution is 2.48. The molecule has 0 aromatic heterocycles. The summed E-state index contributed by atoms with van der Waals surface area (Å²) in [5, 5.41) is 0. The molecule has 1 unspecified atom stereocenters. The molecule has 2 fully saturated rings. The van der Waals surface area contributed by atoms with Crippen molar-refractivity contribution in [2.24, 2.45) is 11.3 Å². The number of ether oxygens (including phenoxy) is 1. The van der Waals surface area contributed by atoms with Gasteiger partial charge in [0.05, 0.1) is 0 Å². The molecule has 1 saturated carbocycles. The van der Waals surface area contributed by atoms with Crippen LogP contribution in [0.2, 0.25) is 0 Å². The van der Waals surface area contributed by atoms with E-state index in [4.69, 9.17) is 4.74 Å². The topological polar surface area (TPSA) is 46.6 Å². The standard InChI is InChI=1S/C12H19NO3/c1-11(2,3)16-10(15)13-6-8-5-9(14)12(8,4)7-13/h8H,5-7H2,1-4H3/t8?,12-/m0/s1. The summed E-state index contributed by atoms with van der Waals surface area (Å²) >= 11 is 0. The highest BCUT2D eigenvalue weighted by atomic mass is 16.6. The van der Waals surface area contributed by atoms with Crippen molar-refractivity contribution in [3.8, 4) is 0 Å². The molecule has 0 aromatic carbocycles. The van der Waals surface area contributed by atoms with Crippen LogP contribution in [-0.2, 0) is 9.53 Å². The van der Waals surface area contributed by atoms with Gasteiger partial charge in [0.25, 0.3) is 0 Å². The van der Waals surface area contributed by atoms with Gasteiger partial charge in [-0.1, -0.05) is 6.92 Å². The molecule has 2 atom stereocenters. The molecule has 16 heavy (non-hydrogen) atoms. The summed E-state index contributed by atoms with van der Waals surface area (Å²) in [5.74, 6) is 0.621. The Bertz CT molecular complexity index is 345. The van der Waals surface area contributed by atoms with Gasteiger partial charge in [-0.15, -0.1) is 0 Å². The van der Waals surface area contributed by atoms with E-state index in [-0.39, 0.29) is 17.3 Å². The van der Waals surface area contributed by atoms with Crippen molar-refractivity contribution in [2.75, 3.05) is 13.1 Å². The molecule has 0 N–H and O–H groups in total. The molecule has 4 heteroatoms. The molecule has 4 nitrogen and oxygen atoms in total. The number of likely N-dealkylation sites (tertiary alicyclic amines) is 1. The van der Waals surface area contributed by atoms with E-state index in [1.54, 1.807) is 4.90 Å². The number of carbonyl (C=O) groups excluding carboxylic acids is 2. The van der Waals surface area contributed by atoms with Crippen LogP contribution in [0.25, 0.3) is 0 Å². The normalized spacial score (nSPS) is 33.4. The summed E-state index contributed by atoms with van der Waals surface area (Å²) in [4.78, 5) is 25.0. The third kappa shape index (κ3) is 1.70. The number of amides is 1. The van der Waals surface area contributed by atoms with Crippen LogP contribution in [0.3, 0.4) is 0 Å². The van der Waals surface area contributed by atoms with Crippen molar-refractivity contribution in [3.63, 3.8) is 0 Å². The molecular weight excluding hydrogens is 206 g/mol. The lowest BCUT2D eigenvalue weighted by molar-refractivity contribution is -0.140. The molecule has 0 aromatic rings. The van der Waals surface area contributed by atoms with Gasteiger partial charge in [-0.25, -0.2) is 4.79 Å². The smallest absolute Gasteiger partial charge is 0.410 e. The summed E-state index contributed by atoms with van der Waals surface area (Å²) in [6.07, 6.45) is 0.325. The third-order valence-corrected chi connectivity index (χ3v) is 3.58. The van der Waals surface area contributed by atoms with E-state index in [9.17, 15) is 9.59 Å². The second-order valence-corrected chi connectivity index (χ2v) is 6.10. The van der Waals surface area contributed by atoms with E-state index in [1.165, 1.54) is 0 Å². The highest BCUT2D eigenvalue weighted by Gasteiger charge is 2.57. The van der Waals surface area contributed by atoms with Gasteiger partial charge in [-0.2, -0.15) is 0 Å². The number of carbonyl (C=O) groups is 2. The Balaban J connectivity index is 1.99. The second-order valence-electron chi connectivity index (χ2n) is 6.10. The monoisotopic (exact) mass is 225 g/mol. The first-order chi connectivity index (χ1) is 7.22. The SMILES string of the molecule is CC(C)(C)OC(=O)N1CC2CC(=O)[C@@]2(C)C1. The highest BCUT2D eigenvalue weighted by molar-refractivity contribution is 5.92. The van der Waals surface area contributed by atoms with Crippen LogP contribution >= 0.6 is 0 Å². The minimum absolute atomic E-state index is 0.281. The largest absolute Gasteiger partial charge is 0.444 e. The minimum atomic E-state index is -0.469. The van der Waals surface area contributed by atoms with E-state index < -0.39 is 5.60 Å². The fourth-order valence-corrected chi connectivity index (χ4v) is 2.45. The fraction of sp³-hybridized carbons (Fsp3) is 0.833. The van der Waals surface area contributed by atoms with Crippen LogP contribution in [-0.4, -0.2) is 35.5 Å². The van der Waals surface area contributed by atoms with Crippen LogP contribution in [0.15, 0.2) is 0 Å². The Morgan fingerprint density at radius 1 is 1.50 bits per heavy atom. The van der Waals surface area contributed by atoms with Gasteiger partial charge < -0.3 is 9.64 Å². The van der Waals surface area contributed by atoms with Gasteiger partial charge >= 0.3 is 6.09 Å². The molecule has 1 saturated heterocycles. The molecule has 1 aliphatic heterocycles. The van der Waals surface area contributed by atoms with Gasteiger partial charge in [0.15, 0.2) is 0 Å². The molecule has 1 heterocycles. The zero-order valence-electron chi connectivity index (χ0n) is 10.4. The van der Waals surface area contributed by atoms with Crippen LogP contribution in [0, 0.1) is 11.3 Å². The lowest BCUT2D eigenvalue weighted by Crippen LogP contribution is -2.47. The molecular formula is C12H19NO3. The van der Waals surface area contributed by atoms with Gasteiger partial charge in [-0.3, -0.25) is 4.79 Å². The van der Waals surface area contributed by atoms with Crippen LogP contribution in [0.5, 0.6) is 0 Å². The number of hydrogen-bond donors (Lipinski definition) is 0. The first-order valence-electron chi connectivity index (χ1n) is 5.73. The lowest BCUT2D eigenvalue weighted by atomic mass is 9.62. The van der Waals surface area contributed by atoms with Crippen LogP contribution in [0.4, 0.5) is 4.79 Å². The van der Waals surface area contributed by atoms with Crippen LogP contribution < -0.4 is 0 Å². The summed E-state index contributed by atoms with van der Waals surface area (Å²) in [7, 11) is 0. The minimum Gasteiger partial charge on any atom is -0.444 e. The third-order valence-electron chi connectivity index (χ3n) is 3.58. The number of Topliss-reactive ketones (excluding diaryl/α,β-unsaturated/α-hetero) is 1. The van der Waals surface area contributed by atoms with Crippen molar-refractivity contribution in [1.82, 2.24) is 4.90 Å². The average Bonchev–Trinajstić information content (AvgIpc) is 2.38. The van der Waals surface area contributed by atoms with Crippen molar-refractivity contribution in [3.05, 3.63) is 0 Å². The summed E-state index contributed by atoms with van der Waals surface area (Å²) < 4.78 is 5.30. The maximum absolute atomic E-state index is 11.8. The average molecular weight is 225 g/mol. The zero-order valence-corrected chi connectivity index (χ0v) is 10.4. The summed E-state index contributed by atoms with van der Waals surface area (Å²) in [6, 6.07) is 0. The number of ketones is 1. The zero-order chi connectivity index (χ0) is 12.1. The Labute approximate surface area is 95.9 Å². The predicted molar refractivity (Wildman–Crippen MR) is 59.0 cm³/mol. The quantitative estimate of drug-likeness (QED) is 0.632. The summed E-state index contributed by atoms with van der Waals surface area (Å²) in [5.41, 5.74) is -0.763. The van der Waals surface area contributed by atoms with E-state index >= 15 is 0 Å². The maximum atomic E-state index is 11.8. The Hall–Kier alpha value is -1.06. The Morgan fingerprint density at radius 3 is 2.56 bits per heavy atom. The fourth-order valence-electron chi connectivity index (χ4n) is 2.45. The van der Waals surface area contributed by atoms with E-state index in [0.717, 1.165) is 0 Å². The van der Waals surface area contributed by atoms with Crippen molar-refractivity contribution in [1.29, 1.82) is 0 Å². The maximum Gasteiger partial charge on any atom is 0.410 e. The van der Waals surface area contributed by atoms with E-state index in [2.05, 4.69) is 0 Å². The lowest BCUT2D eigenvalue weighted by Gasteiger charge is -2.38. The first-order valence-corrected chi connectivity index (χ1v) is 5.73. The molecule has 1 aliphatic carbocycles. The molecule has 0 radical (unpaired) electrons. The van der Waals surface area contributed by atoms with Crippen molar-refractivity contribution >= 4 is 11.9 Å². The Morgan fingerprint density at radius 2 is 2.12 bits per heavy atom. The Kier molecular flexibility index (Phi) is 2.30. The van der Waals surface area contributed by atoms with Gasteiger partial charge in [0, 0.05) is 24.9 Å². The molecule has 2 aliphatic rings. The molecule has 0 bridgehead atoms. The first kappa shape index (κ1) is 11.4. The van der Waals surface area contributed by atoms with Crippen molar-refractivity contribution < 1.29 is 14.3 Å². The van der Waals surface area contributed by atoms with E-state index in [1.807, 2.05) is 27.7 Å². The van der Waals surface area contributed by atoms with E-state index in [0.29, 0.717) is 25.4 Å². The molecule has 1 amide bonds. The van der Waals surface area contributed by atoms with Gasteiger partial charge in [0.2, 0.25) is 0 Å². The van der Waals surface area contributed by atoms with Crippen LogP contribution in [0.1, 0.15) is 34.1 Å². The molecule has 2 rings (SSSR count). The number of hydrogen-bond acceptors (Lipinski definition) is 3. The number of rotatable bonds is 0. The molecule has 0 spiro atoms. The van der Waals surface area contributed by atoms with Crippen molar-refractivity contribution in [2.45, 2.75) is 39.7 Å². The number of nitrogens with zero attached hydrogens (tertiary/aromatic N) is 1. The second kappa shape index (κ2) is 3.22. The number of fused-ring (bicyclic) bond motifs is 1. The predicted octanol–water partition coefficient (Wildman–Crippen LogP) is 1.83. The van der Waals surface area contributed by atoms with Gasteiger partial charge in [0.1, 0.15) is 11.4 Å².